The molecule has 0 aromatic carbocycles. The van der Waals surface area contributed by atoms with Gasteiger partial charge in [0.25, 0.3) is 0 Å². The fourth-order valence-corrected chi connectivity index (χ4v) is 3.63. The van der Waals surface area contributed by atoms with E-state index in [4.69, 9.17) is 23.7 Å². The minimum atomic E-state index is -0.740. The van der Waals surface area contributed by atoms with Crippen molar-refractivity contribution in [3.63, 3.8) is 0 Å². The average Bonchev–Trinajstić information content (AvgIpc) is 2.87. The topological polar surface area (TPSA) is 138 Å². The summed E-state index contributed by atoms with van der Waals surface area (Å²) < 4.78 is 29.1. The van der Waals surface area contributed by atoms with E-state index >= 15 is 0 Å². The number of carbonyl (C=O) groups is 4. The maximum absolute atomic E-state index is 12.6. The van der Waals surface area contributed by atoms with Gasteiger partial charge in [-0.25, -0.2) is 0 Å². The van der Waals surface area contributed by atoms with E-state index in [1.54, 1.807) is 0 Å². The molecule has 0 aromatic rings. The second-order valence-corrected chi connectivity index (χ2v) is 11.5. The number of nitrogens with one attached hydrogen (secondary N) is 2. The maximum atomic E-state index is 12.6. The standard InChI is InChI=1S/C29H54N2O9/c1-25(34)9-18-38-23-29(21-36-16-7-14-32,22-37-17-8-15-33)24-39-19-10-26(35)31-27(2,3)12-20-40-28(4,5)11-13-30-6/h14-15,30H,7-13,16-24H2,1-6H3,(H,31,35). The third-order valence-corrected chi connectivity index (χ3v) is 6.14. The van der Waals surface area contributed by atoms with Crippen LogP contribution in [0.15, 0.2) is 0 Å². The normalized spacial score (nSPS) is 12.3. The molecule has 0 saturated carbocycles. The van der Waals surface area contributed by atoms with E-state index in [0.29, 0.717) is 13.0 Å². The SMILES string of the molecule is CNCCC(C)(C)OCCC(C)(C)NC(=O)CCOCC(COCCC=O)(COCCC=O)COCCC(C)=O. The third-order valence-electron chi connectivity index (χ3n) is 6.14. The van der Waals surface area contributed by atoms with Gasteiger partial charge in [0.2, 0.25) is 5.91 Å². The predicted octanol–water partition coefficient (Wildman–Crippen LogP) is 2.28. The van der Waals surface area contributed by atoms with E-state index in [9.17, 15) is 19.2 Å². The van der Waals surface area contributed by atoms with Crippen LogP contribution >= 0.6 is 0 Å². The first-order chi connectivity index (χ1) is 18.9. The molecule has 1 amide bonds. The average molecular weight is 575 g/mol. The van der Waals surface area contributed by atoms with Crippen LogP contribution < -0.4 is 10.6 Å². The lowest BCUT2D eigenvalue weighted by Gasteiger charge is -2.33. The summed E-state index contributed by atoms with van der Waals surface area (Å²) in [5.74, 6) is -0.114. The zero-order valence-corrected chi connectivity index (χ0v) is 25.6. The summed E-state index contributed by atoms with van der Waals surface area (Å²) in [7, 11) is 1.91. The summed E-state index contributed by atoms with van der Waals surface area (Å²) in [6, 6.07) is 0. The fourth-order valence-electron chi connectivity index (χ4n) is 3.63. The van der Waals surface area contributed by atoms with Gasteiger partial charge in [0.15, 0.2) is 0 Å². The summed E-state index contributed by atoms with van der Waals surface area (Å²) >= 11 is 0. The molecule has 0 atom stereocenters. The summed E-state index contributed by atoms with van der Waals surface area (Å²) in [5, 5.41) is 6.18. The van der Waals surface area contributed by atoms with Crippen molar-refractivity contribution in [3.8, 4) is 0 Å². The minimum absolute atomic E-state index is 0.0179. The van der Waals surface area contributed by atoms with E-state index in [2.05, 4.69) is 24.5 Å². The number of hydrogen-bond donors (Lipinski definition) is 2. The van der Waals surface area contributed by atoms with Gasteiger partial charge in [-0.1, -0.05) is 0 Å². The Balaban J connectivity index is 4.90. The first-order valence-corrected chi connectivity index (χ1v) is 14.2. The quantitative estimate of drug-likeness (QED) is 0.106. The fraction of sp³-hybridized carbons (Fsp3) is 0.862. The molecule has 0 aliphatic heterocycles. The Morgan fingerprint density at radius 3 is 1.70 bits per heavy atom. The van der Waals surface area contributed by atoms with Crippen molar-refractivity contribution in [3.05, 3.63) is 0 Å². The Labute approximate surface area is 240 Å². The number of hydrogen-bond acceptors (Lipinski definition) is 10. The van der Waals surface area contributed by atoms with Crippen LogP contribution in [0.5, 0.6) is 0 Å². The van der Waals surface area contributed by atoms with E-state index in [1.165, 1.54) is 6.92 Å². The molecule has 0 fully saturated rings. The third kappa shape index (κ3) is 21.0. The predicted molar refractivity (Wildman–Crippen MR) is 152 cm³/mol. The van der Waals surface area contributed by atoms with Gasteiger partial charge in [-0.3, -0.25) is 9.59 Å². The Bertz CT molecular complexity index is 698. The first kappa shape index (κ1) is 38.2. The van der Waals surface area contributed by atoms with Gasteiger partial charge < -0.3 is 43.9 Å². The number of carbonyl (C=O) groups excluding carboxylic acids is 4. The number of amides is 1. The molecule has 11 heteroatoms. The van der Waals surface area contributed by atoms with Gasteiger partial charge in [0, 0.05) is 37.8 Å². The lowest BCUT2D eigenvalue weighted by Crippen LogP contribution is -2.45. The molecule has 234 valence electrons. The summed E-state index contributed by atoms with van der Waals surface area (Å²) in [6.07, 6.45) is 4.06. The lowest BCUT2D eigenvalue weighted by atomic mass is 9.92. The Morgan fingerprint density at radius 2 is 1.23 bits per heavy atom. The van der Waals surface area contributed by atoms with Gasteiger partial charge in [-0.05, 0) is 61.1 Å². The molecule has 0 aliphatic rings. The van der Waals surface area contributed by atoms with Crippen LogP contribution in [0.25, 0.3) is 0 Å². The Kier molecular flexibility index (Phi) is 21.0. The van der Waals surface area contributed by atoms with Crippen LogP contribution in [0.4, 0.5) is 0 Å². The van der Waals surface area contributed by atoms with Crippen molar-refractivity contribution in [2.24, 2.45) is 5.41 Å². The molecule has 0 aliphatic carbocycles. The number of rotatable bonds is 28. The van der Waals surface area contributed by atoms with Crippen molar-refractivity contribution in [2.45, 2.75) is 84.3 Å². The number of ether oxygens (including phenoxy) is 5. The molecule has 0 bridgehead atoms. The van der Waals surface area contributed by atoms with Crippen molar-refractivity contribution < 1.29 is 42.9 Å². The van der Waals surface area contributed by atoms with Crippen LogP contribution in [0, 0.1) is 5.41 Å². The monoisotopic (exact) mass is 574 g/mol. The van der Waals surface area contributed by atoms with Gasteiger partial charge in [0.1, 0.15) is 18.4 Å². The molecular weight excluding hydrogens is 520 g/mol. The lowest BCUT2D eigenvalue weighted by molar-refractivity contribution is -0.127. The van der Waals surface area contributed by atoms with Crippen LogP contribution in [0.3, 0.4) is 0 Å². The molecule has 11 nitrogen and oxygen atoms in total. The highest BCUT2D eigenvalue weighted by atomic mass is 16.5. The van der Waals surface area contributed by atoms with Crippen LogP contribution in [0.2, 0.25) is 0 Å². The minimum Gasteiger partial charge on any atom is -0.380 e. The summed E-state index contributed by atoms with van der Waals surface area (Å²) in [5.41, 5.74) is -1.42. The molecule has 0 spiro atoms. The molecule has 0 heterocycles. The van der Waals surface area contributed by atoms with Gasteiger partial charge >= 0.3 is 0 Å². The maximum Gasteiger partial charge on any atom is 0.222 e. The Morgan fingerprint density at radius 1 is 0.725 bits per heavy atom. The zero-order valence-electron chi connectivity index (χ0n) is 25.6. The van der Waals surface area contributed by atoms with E-state index in [0.717, 1.165) is 25.5 Å². The second-order valence-electron chi connectivity index (χ2n) is 11.5. The highest BCUT2D eigenvalue weighted by molar-refractivity contribution is 5.76. The molecule has 40 heavy (non-hydrogen) atoms. The first-order valence-electron chi connectivity index (χ1n) is 14.2. The molecule has 0 unspecified atom stereocenters. The van der Waals surface area contributed by atoms with Crippen LogP contribution in [-0.2, 0) is 42.9 Å². The van der Waals surface area contributed by atoms with Gasteiger partial charge in [-0.15, -0.1) is 0 Å². The van der Waals surface area contributed by atoms with Gasteiger partial charge in [-0.2, -0.15) is 0 Å². The zero-order chi connectivity index (χ0) is 30.3. The van der Waals surface area contributed by atoms with E-state index < -0.39 is 11.0 Å². The highest BCUT2D eigenvalue weighted by Crippen LogP contribution is 2.22. The second kappa shape index (κ2) is 21.9. The number of aldehydes is 2. The van der Waals surface area contributed by atoms with E-state index in [-0.39, 0.29) is 95.8 Å². The number of ketones is 1. The van der Waals surface area contributed by atoms with Crippen molar-refractivity contribution in [1.82, 2.24) is 10.6 Å². The largest absolute Gasteiger partial charge is 0.380 e. The summed E-state index contributed by atoms with van der Waals surface area (Å²) in [6.45, 7) is 12.6. The van der Waals surface area contributed by atoms with E-state index in [1.807, 2.05) is 20.9 Å². The number of Topliss-reactive ketones (excluding diaryl/α,β-unsaturated/α-hetero) is 1. The van der Waals surface area contributed by atoms with Crippen molar-refractivity contribution >= 4 is 24.3 Å². The summed E-state index contributed by atoms with van der Waals surface area (Å²) in [4.78, 5) is 45.3. The molecule has 0 aromatic heterocycles. The van der Waals surface area contributed by atoms with Crippen LogP contribution in [-0.4, -0.2) is 108 Å². The Hall–Kier alpha value is -1.76. The molecule has 0 rings (SSSR count). The van der Waals surface area contributed by atoms with Crippen molar-refractivity contribution in [1.29, 1.82) is 0 Å². The highest BCUT2D eigenvalue weighted by Gasteiger charge is 2.33. The molecular formula is C29H54N2O9. The molecule has 0 saturated heterocycles. The van der Waals surface area contributed by atoms with Crippen molar-refractivity contribution in [2.75, 3.05) is 73.1 Å². The van der Waals surface area contributed by atoms with Gasteiger partial charge in [0.05, 0.1) is 63.9 Å². The molecule has 2 N–H and O–H groups in total. The molecule has 0 radical (unpaired) electrons. The van der Waals surface area contributed by atoms with Crippen LogP contribution in [0.1, 0.15) is 73.1 Å². The smallest absolute Gasteiger partial charge is 0.222 e.